The third-order valence-electron chi connectivity index (χ3n) is 2.25. The fourth-order valence-corrected chi connectivity index (χ4v) is 2.64. The van der Waals surface area contributed by atoms with Crippen molar-refractivity contribution < 1.29 is 24.6 Å². The van der Waals surface area contributed by atoms with Gasteiger partial charge in [0.15, 0.2) is 0 Å². The van der Waals surface area contributed by atoms with Crippen LogP contribution in [0.2, 0.25) is 0 Å². The first kappa shape index (κ1) is 13.9. The van der Waals surface area contributed by atoms with Crippen molar-refractivity contribution in [1.29, 1.82) is 0 Å². The predicted octanol–water partition coefficient (Wildman–Crippen LogP) is 0.555. The van der Waals surface area contributed by atoms with Gasteiger partial charge in [-0.15, -0.1) is 0 Å². The SMILES string of the molecule is O=C(O)CCC[C@@H](C(=O)O)N1C(=O)CSC1=S. The molecular formula is C9H11NO5S2. The summed E-state index contributed by atoms with van der Waals surface area (Å²) in [7, 11) is 0. The molecule has 0 aromatic rings. The minimum Gasteiger partial charge on any atom is -0.481 e. The van der Waals surface area contributed by atoms with E-state index in [0.717, 1.165) is 16.7 Å². The summed E-state index contributed by atoms with van der Waals surface area (Å²) < 4.78 is 0.248. The summed E-state index contributed by atoms with van der Waals surface area (Å²) in [5.74, 6) is -2.32. The summed E-state index contributed by atoms with van der Waals surface area (Å²) in [6, 6.07) is -1.05. The zero-order chi connectivity index (χ0) is 13.0. The molecule has 6 nitrogen and oxygen atoms in total. The summed E-state index contributed by atoms with van der Waals surface area (Å²) in [6.45, 7) is 0. The highest BCUT2D eigenvalue weighted by molar-refractivity contribution is 8.23. The van der Waals surface area contributed by atoms with Crippen LogP contribution >= 0.6 is 24.0 Å². The molecule has 0 radical (unpaired) electrons. The molecule has 17 heavy (non-hydrogen) atoms. The van der Waals surface area contributed by atoms with E-state index in [9.17, 15) is 14.4 Å². The molecule has 1 saturated heterocycles. The number of thiocarbonyl (C=S) groups is 1. The van der Waals surface area contributed by atoms with Crippen molar-refractivity contribution in [3.63, 3.8) is 0 Å². The molecular weight excluding hydrogens is 266 g/mol. The molecule has 1 amide bonds. The van der Waals surface area contributed by atoms with Crippen LogP contribution in [-0.4, -0.2) is 49.1 Å². The number of carboxylic acids is 2. The highest BCUT2D eigenvalue weighted by Gasteiger charge is 2.36. The third kappa shape index (κ3) is 3.67. The second-order valence-electron chi connectivity index (χ2n) is 3.46. The Morgan fingerprint density at radius 3 is 2.53 bits per heavy atom. The van der Waals surface area contributed by atoms with Gasteiger partial charge in [-0.25, -0.2) is 4.79 Å². The zero-order valence-corrected chi connectivity index (χ0v) is 10.4. The first-order valence-corrected chi connectivity index (χ1v) is 6.26. The van der Waals surface area contributed by atoms with E-state index in [4.69, 9.17) is 22.4 Å². The molecule has 0 aromatic carbocycles. The number of amides is 1. The maximum atomic E-state index is 11.5. The second kappa shape index (κ2) is 5.97. The lowest BCUT2D eigenvalue weighted by Gasteiger charge is -2.23. The Hall–Kier alpha value is -1.15. The van der Waals surface area contributed by atoms with Crippen LogP contribution in [0.5, 0.6) is 0 Å². The Labute approximate surface area is 107 Å². The molecule has 1 aliphatic heterocycles. The van der Waals surface area contributed by atoms with Crippen molar-refractivity contribution in [3.05, 3.63) is 0 Å². The Balaban J connectivity index is 2.65. The van der Waals surface area contributed by atoms with Crippen molar-refractivity contribution in [1.82, 2.24) is 4.90 Å². The predicted molar refractivity (Wildman–Crippen MR) is 64.8 cm³/mol. The van der Waals surface area contributed by atoms with Crippen molar-refractivity contribution in [3.8, 4) is 0 Å². The maximum absolute atomic E-state index is 11.5. The largest absolute Gasteiger partial charge is 0.481 e. The average Bonchev–Trinajstić information content (AvgIpc) is 2.54. The molecule has 1 rings (SSSR count). The van der Waals surface area contributed by atoms with Gasteiger partial charge < -0.3 is 10.2 Å². The topological polar surface area (TPSA) is 94.9 Å². The highest BCUT2D eigenvalue weighted by atomic mass is 32.2. The van der Waals surface area contributed by atoms with Crippen molar-refractivity contribution >= 4 is 46.1 Å². The Morgan fingerprint density at radius 1 is 1.47 bits per heavy atom. The van der Waals surface area contributed by atoms with E-state index < -0.39 is 18.0 Å². The number of hydrogen-bond acceptors (Lipinski definition) is 5. The fourth-order valence-electron chi connectivity index (χ4n) is 1.48. The van der Waals surface area contributed by atoms with Crippen molar-refractivity contribution in [2.75, 3.05) is 5.75 Å². The summed E-state index contributed by atoms with van der Waals surface area (Å²) in [4.78, 5) is 33.9. The normalized spacial score (nSPS) is 17.3. The first-order valence-electron chi connectivity index (χ1n) is 4.87. The molecule has 1 fully saturated rings. The molecule has 0 unspecified atom stereocenters. The minimum atomic E-state index is -1.16. The van der Waals surface area contributed by atoms with Crippen LogP contribution in [0.15, 0.2) is 0 Å². The van der Waals surface area contributed by atoms with E-state index in [1.54, 1.807) is 0 Å². The number of aliphatic carboxylic acids is 2. The maximum Gasteiger partial charge on any atom is 0.326 e. The molecule has 0 saturated carbocycles. The summed E-state index contributed by atoms with van der Waals surface area (Å²) in [5.41, 5.74) is 0. The Kier molecular flexibility index (Phi) is 4.88. The van der Waals surface area contributed by atoms with Crippen LogP contribution in [0, 0.1) is 0 Å². The quantitative estimate of drug-likeness (QED) is 0.685. The van der Waals surface area contributed by atoms with Gasteiger partial charge in [0.2, 0.25) is 5.91 Å². The lowest BCUT2D eigenvalue weighted by molar-refractivity contribution is -0.146. The van der Waals surface area contributed by atoms with Crippen LogP contribution in [0.25, 0.3) is 0 Å². The molecule has 2 N–H and O–H groups in total. The van der Waals surface area contributed by atoms with Crippen LogP contribution in [-0.2, 0) is 14.4 Å². The fraction of sp³-hybridized carbons (Fsp3) is 0.556. The van der Waals surface area contributed by atoms with Gasteiger partial charge >= 0.3 is 11.9 Å². The van der Waals surface area contributed by atoms with E-state index in [-0.39, 0.29) is 35.2 Å². The van der Waals surface area contributed by atoms with Gasteiger partial charge in [-0.1, -0.05) is 24.0 Å². The van der Waals surface area contributed by atoms with E-state index in [0.29, 0.717) is 0 Å². The number of thioether (sulfide) groups is 1. The van der Waals surface area contributed by atoms with Crippen molar-refractivity contribution in [2.45, 2.75) is 25.3 Å². The first-order chi connectivity index (χ1) is 7.93. The number of rotatable bonds is 6. The smallest absolute Gasteiger partial charge is 0.326 e. The van der Waals surface area contributed by atoms with E-state index in [1.807, 2.05) is 0 Å². The lowest BCUT2D eigenvalue weighted by Crippen LogP contribution is -2.44. The van der Waals surface area contributed by atoms with Gasteiger partial charge in [0.25, 0.3) is 0 Å². The van der Waals surface area contributed by atoms with Crippen LogP contribution in [0.1, 0.15) is 19.3 Å². The average molecular weight is 277 g/mol. The van der Waals surface area contributed by atoms with Crippen LogP contribution in [0.4, 0.5) is 0 Å². The van der Waals surface area contributed by atoms with E-state index in [2.05, 4.69) is 0 Å². The van der Waals surface area contributed by atoms with E-state index in [1.165, 1.54) is 0 Å². The Morgan fingerprint density at radius 2 is 2.12 bits per heavy atom. The third-order valence-corrected chi connectivity index (χ3v) is 3.63. The van der Waals surface area contributed by atoms with Gasteiger partial charge in [0, 0.05) is 6.42 Å². The summed E-state index contributed by atoms with van der Waals surface area (Å²) >= 11 is 6.03. The molecule has 1 heterocycles. The van der Waals surface area contributed by atoms with Gasteiger partial charge in [-0.3, -0.25) is 14.5 Å². The van der Waals surface area contributed by atoms with Crippen molar-refractivity contribution in [2.24, 2.45) is 0 Å². The lowest BCUT2D eigenvalue weighted by atomic mass is 10.1. The molecule has 1 aliphatic rings. The molecule has 1 atom stereocenters. The zero-order valence-electron chi connectivity index (χ0n) is 8.79. The van der Waals surface area contributed by atoms with Gasteiger partial charge in [-0.2, -0.15) is 0 Å². The number of carbonyl (C=O) groups excluding carboxylic acids is 1. The van der Waals surface area contributed by atoms with Gasteiger partial charge in [0.05, 0.1) is 5.75 Å². The summed E-state index contributed by atoms with van der Waals surface area (Å²) in [5, 5.41) is 17.5. The molecule has 0 spiro atoms. The minimum absolute atomic E-state index is 0.0913. The summed E-state index contributed by atoms with van der Waals surface area (Å²) in [6.07, 6.45) is 0.170. The van der Waals surface area contributed by atoms with Gasteiger partial charge in [0.1, 0.15) is 10.4 Å². The molecule has 8 heteroatoms. The number of hydrogen-bond donors (Lipinski definition) is 2. The highest BCUT2D eigenvalue weighted by Crippen LogP contribution is 2.24. The molecule has 0 aromatic heterocycles. The number of carboxylic acid groups (broad SMARTS) is 2. The second-order valence-corrected chi connectivity index (χ2v) is 5.07. The monoisotopic (exact) mass is 277 g/mol. The standard InChI is InChI=1S/C9H11NO5S2/c11-6-4-17-9(16)10(6)5(8(14)15)2-1-3-7(12)13/h5H,1-4H2,(H,12,13)(H,14,15)/t5-/m0/s1. The van der Waals surface area contributed by atoms with Crippen LogP contribution < -0.4 is 0 Å². The molecule has 94 valence electrons. The molecule has 0 aliphatic carbocycles. The Bertz CT molecular complexity index is 354. The van der Waals surface area contributed by atoms with Gasteiger partial charge in [-0.05, 0) is 12.8 Å². The van der Waals surface area contributed by atoms with E-state index >= 15 is 0 Å². The molecule has 0 bridgehead atoms. The number of carbonyl (C=O) groups is 3. The van der Waals surface area contributed by atoms with Crippen LogP contribution in [0.3, 0.4) is 0 Å². The number of nitrogens with zero attached hydrogens (tertiary/aromatic N) is 1.